The fourth-order valence-electron chi connectivity index (χ4n) is 4.66. The van der Waals surface area contributed by atoms with Crippen LogP contribution in [0.4, 0.5) is 8.78 Å². The van der Waals surface area contributed by atoms with Crippen LogP contribution in [0, 0.1) is 16.4 Å². The Labute approximate surface area is 235 Å². The maximum Gasteiger partial charge on any atom is 0.177 e. The summed E-state index contributed by atoms with van der Waals surface area (Å²) in [5, 5.41) is 10.6. The van der Waals surface area contributed by atoms with Crippen molar-refractivity contribution in [2.24, 2.45) is 5.41 Å². The highest BCUT2D eigenvalue weighted by Crippen LogP contribution is 2.35. The average molecular weight is 557 g/mol. The Morgan fingerprint density at radius 1 is 1.10 bits per heavy atom. The standard InChI is InChI=1S/C31H30F2N6S/c1-7-18(15-19(8-2)35-17(3)16-31(4,5)6)20-9-10-21-25(26(20)33)29(39-38-21)30-36-22-13-14-34-28(27(22)37-30)23-11-12-24(32)40-23/h7-15,35H,2-3,16H2,1,4-6H3,(H,36,37)(H,38,39)/b18-7+,19-15+. The zero-order chi connectivity index (χ0) is 28.6. The van der Waals surface area contributed by atoms with Crippen LogP contribution in [-0.4, -0.2) is 25.1 Å². The molecule has 6 nitrogen and oxygen atoms in total. The number of hydrogen-bond acceptors (Lipinski definition) is 5. The van der Waals surface area contributed by atoms with Crippen LogP contribution in [0.25, 0.3) is 49.6 Å². The number of H-pyrrole nitrogens is 2. The number of nitrogens with one attached hydrogen (secondary N) is 3. The zero-order valence-electron chi connectivity index (χ0n) is 22.8. The van der Waals surface area contributed by atoms with Gasteiger partial charge in [-0.05, 0) is 66.8 Å². The molecule has 4 heterocycles. The molecule has 0 radical (unpaired) electrons. The molecular formula is C31H30F2N6S. The van der Waals surface area contributed by atoms with Crippen molar-refractivity contribution in [1.82, 2.24) is 30.5 Å². The lowest BCUT2D eigenvalue weighted by atomic mass is 9.91. The Morgan fingerprint density at radius 3 is 2.58 bits per heavy atom. The third-order valence-corrected chi connectivity index (χ3v) is 7.20. The second-order valence-corrected chi connectivity index (χ2v) is 11.7. The van der Waals surface area contributed by atoms with Crippen molar-refractivity contribution >= 4 is 38.8 Å². The van der Waals surface area contributed by atoms with Gasteiger partial charge in [0, 0.05) is 23.2 Å². The van der Waals surface area contributed by atoms with Gasteiger partial charge in [0.1, 0.15) is 22.7 Å². The maximum absolute atomic E-state index is 16.2. The summed E-state index contributed by atoms with van der Waals surface area (Å²) < 4.78 is 29.9. The van der Waals surface area contributed by atoms with Crippen LogP contribution < -0.4 is 5.32 Å². The van der Waals surface area contributed by atoms with Gasteiger partial charge in [-0.2, -0.15) is 9.49 Å². The van der Waals surface area contributed by atoms with E-state index in [-0.39, 0.29) is 10.5 Å². The van der Waals surface area contributed by atoms with Gasteiger partial charge in [-0.3, -0.25) is 10.1 Å². The SMILES string of the molecule is C=C/C(=C\C(=C/C)c1ccc2[nH]nc(-c3nc4c(-c5ccc(F)s5)nccc4[nH]3)c2c1F)NC(=C)CC(C)(C)C. The van der Waals surface area contributed by atoms with Crippen LogP contribution >= 0.6 is 11.3 Å². The molecule has 0 saturated carbocycles. The van der Waals surface area contributed by atoms with E-state index in [9.17, 15) is 4.39 Å². The molecule has 9 heteroatoms. The van der Waals surface area contributed by atoms with Crippen molar-refractivity contribution in [2.75, 3.05) is 0 Å². The van der Waals surface area contributed by atoms with Crippen LogP contribution in [0.2, 0.25) is 0 Å². The molecule has 204 valence electrons. The highest BCUT2D eigenvalue weighted by molar-refractivity contribution is 7.13. The molecule has 0 aliphatic heterocycles. The second kappa shape index (κ2) is 10.7. The monoisotopic (exact) mass is 556 g/mol. The normalized spacial score (nSPS) is 12.8. The molecule has 0 atom stereocenters. The Morgan fingerprint density at radius 2 is 1.90 bits per heavy atom. The zero-order valence-corrected chi connectivity index (χ0v) is 23.6. The third kappa shape index (κ3) is 5.37. The van der Waals surface area contributed by atoms with E-state index in [1.54, 1.807) is 36.5 Å². The highest BCUT2D eigenvalue weighted by Gasteiger charge is 2.21. The first-order chi connectivity index (χ1) is 19.1. The van der Waals surface area contributed by atoms with Crippen LogP contribution in [0.3, 0.4) is 0 Å². The first kappa shape index (κ1) is 27.2. The summed E-state index contributed by atoms with van der Waals surface area (Å²) in [4.78, 5) is 13.0. The van der Waals surface area contributed by atoms with Crippen molar-refractivity contribution in [3.8, 4) is 22.1 Å². The molecule has 0 fully saturated rings. The van der Waals surface area contributed by atoms with E-state index in [1.165, 1.54) is 6.07 Å². The summed E-state index contributed by atoms with van der Waals surface area (Å²) in [5.41, 5.74) is 5.40. The molecule has 0 saturated heterocycles. The fourth-order valence-corrected chi connectivity index (χ4v) is 5.38. The van der Waals surface area contributed by atoms with Crippen LogP contribution in [0.15, 0.2) is 79.3 Å². The molecule has 5 aromatic rings. The van der Waals surface area contributed by atoms with Gasteiger partial charge in [0.25, 0.3) is 0 Å². The summed E-state index contributed by atoms with van der Waals surface area (Å²) in [6, 6.07) is 8.36. The van der Waals surface area contributed by atoms with Crippen molar-refractivity contribution in [3.05, 3.63) is 95.8 Å². The first-order valence-corrected chi connectivity index (χ1v) is 13.6. The minimum Gasteiger partial charge on any atom is -0.359 e. The lowest BCUT2D eigenvalue weighted by Gasteiger charge is -2.21. The second-order valence-electron chi connectivity index (χ2n) is 10.7. The molecule has 1 aromatic carbocycles. The van der Waals surface area contributed by atoms with Crippen molar-refractivity contribution < 1.29 is 8.78 Å². The number of halogens is 2. The van der Waals surface area contributed by atoms with Crippen molar-refractivity contribution in [2.45, 2.75) is 34.1 Å². The summed E-state index contributed by atoms with van der Waals surface area (Å²) >= 11 is 0.993. The smallest absolute Gasteiger partial charge is 0.177 e. The number of aromatic amines is 2. The van der Waals surface area contributed by atoms with Crippen molar-refractivity contribution in [1.29, 1.82) is 0 Å². The molecule has 3 N–H and O–H groups in total. The molecule has 0 bridgehead atoms. The van der Waals surface area contributed by atoms with E-state index >= 15 is 4.39 Å². The topological polar surface area (TPSA) is 82.3 Å². The Hall–Kier alpha value is -4.37. The average Bonchev–Trinajstić information content (AvgIpc) is 3.63. The first-order valence-electron chi connectivity index (χ1n) is 12.8. The molecule has 40 heavy (non-hydrogen) atoms. The summed E-state index contributed by atoms with van der Waals surface area (Å²) in [7, 11) is 0. The van der Waals surface area contributed by atoms with Gasteiger partial charge in [-0.1, -0.05) is 40.0 Å². The predicted octanol–water partition coefficient (Wildman–Crippen LogP) is 8.52. The van der Waals surface area contributed by atoms with E-state index in [0.29, 0.717) is 55.2 Å². The van der Waals surface area contributed by atoms with E-state index in [2.05, 4.69) is 59.4 Å². The lowest BCUT2D eigenvalue weighted by molar-refractivity contribution is 0.403. The van der Waals surface area contributed by atoms with Crippen LogP contribution in [0.5, 0.6) is 0 Å². The molecule has 5 rings (SSSR count). The van der Waals surface area contributed by atoms with Crippen LogP contribution in [-0.2, 0) is 0 Å². The van der Waals surface area contributed by atoms with Gasteiger partial charge < -0.3 is 10.3 Å². The number of aromatic nitrogens is 5. The molecule has 0 amide bonds. The molecule has 0 unspecified atom stereocenters. The van der Waals surface area contributed by atoms with E-state index in [0.717, 1.165) is 29.2 Å². The van der Waals surface area contributed by atoms with Gasteiger partial charge in [-0.15, -0.1) is 11.3 Å². The summed E-state index contributed by atoms with van der Waals surface area (Å²) in [6.45, 7) is 16.3. The van der Waals surface area contributed by atoms with Gasteiger partial charge in [0.15, 0.2) is 11.0 Å². The van der Waals surface area contributed by atoms with Crippen LogP contribution in [0.1, 0.15) is 39.7 Å². The molecule has 4 aromatic heterocycles. The lowest BCUT2D eigenvalue weighted by Crippen LogP contribution is -2.16. The van der Waals surface area contributed by atoms with Gasteiger partial charge >= 0.3 is 0 Å². The summed E-state index contributed by atoms with van der Waals surface area (Å²) in [6.07, 6.45) is 7.80. The number of fused-ring (bicyclic) bond motifs is 2. The number of imidazole rings is 1. The largest absolute Gasteiger partial charge is 0.359 e. The van der Waals surface area contributed by atoms with E-state index in [4.69, 9.17) is 4.98 Å². The van der Waals surface area contributed by atoms with Gasteiger partial charge in [0.05, 0.1) is 21.3 Å². The Kier molecular flexibility index (Phi) is 7.25. The molecular weight excluding hydrogens is 526 g/mol. The van der Waals surface area contributed by atoms with E-state index < -0.39 is 5.82 Å². The van der Waals surface area contributed by atoms with Gasteiger partial charge in [-0.25, -0.2) is 9.37 Å². The molecule has 0 aliphatic rings. The van der Waals surface area contributed by atoms with E-state index in [1.807, 2.05) is 19.1 Å². The number of benzene rings is 1. The minimum absolute atomic E-state index is 0.0715. The number of pyridine rings is 1. The number of hydrogen-bond donors (Lipinski definition) is 3. The number of thiophene rings is 1. The summed E-state index contributed by atoms with van der Waals surface area (Å²) in [5.74, 6) is -0.0465. The number of allylic oxidation sites excluding steroid dienone is 5. The predicted molar refractivity (Wildman–Crippen MR) is 160 cm³/mol. The van der Waals surface area contributed by atoms with Crippen molar-refractivity contribution in [3.63, 3.8) is 0 Å². The minimum atomic E-state index is -0.429. The fraction of sp³-hybridized carbons (Fsp3) is 0.194. The molecule has 0 aliphatic carbocycles. The number of rotatable bonds is 8. The highest BCUT2D eigenvalue weighted by atomic mass is 32.1. The Bertz CT molecular complexity index is 1810. The quantitative estimate of drug-likeness (QED) is 0.167. The maximum atomic E-state index is 16.2. The third-order valence-electron chi connectivity index (χ3n) is 6.32. The Balaban J connectivity index is 1.55. The van der Waals surface area contributed by atoms with Gasteiger partial charge in [0.2, 0.25) is 0 Å². The molecule has 0 spiro atoms. The number of nitrogens with zero attached hydrogens (tertiary/aromatic N) is 3.